The number of nitriles is 1. The Morgan fingerprint density at radius 1 is 1.25 bits per heavy atom. The summed E-state index contributed by atoms with van der Waals surface area (Å²) < 4.78 is 0. The fraction of sp³-hybridized carbons (Fsp3) is 0.688. The Kier molecular flexibility index (Phi) is 4.94. The molecule has 1 N–H and O–H groups in total. The minimum Gasteiger partial charge on any atom is -0.365 e. The largest absolute Gasteiger partial charge is 0.365 e. The second kappa shape index (κ2) is 6.69. The van der Waals surface area contributed by atoms with Crippen LogP contribution in [0.25, 0.3) is 0 Å². The van der Waals surface area contributed by atoms with Crippen LogP contribution in [0, 0.1) is 17.2 Å². The summed E-state index contributed by atoms with van der Waals surface area (Å²) in [4.78, 5) is 0. The van der Waals surface area contributed by atoms with Gasteiger partial charge in [0.1, 0.15) is 11.6 Å². The van der Waals surface area contributed by atoms with Crippen molar-refractivity contribution >= 4 is 5.82 Å². The molecule has 0 bridgehead atoms. The maximum absolute atomic E-state index is 9.47. The summed E-state index contributed by atoms with van der Waals surface area (Å²) in [7, 11) is 0. The van der Waals surface area contributed by atoms with Crippen molar-refractivity contribution in [3.63, 3.8) is 0 Å². The first-order chi connectivity index (χ1) is 9.73. The second-order valence-corrected chi connectivity index (χ2v) is 5.60. The number of aryl methyl sites for hydroxylation is 1. The average Bonchev–Trinajstić information content (AvgIpc) is 3.29. The molecule has 108 valence electrons. The first-order valence-corrected chi connectivity index (χ1v) is 7.78. The average molecular weight is 272 g/mol. The summed E-state index contributed by atoms with van der Waals surface area (Å²) in [6, 6.07) is 2.73. The van der Waals surface area contributed by atoms with Crippen LogP contribution in [0.15, 0.2) is 0 Å². The van der Waals surface area contributed by atoms with Crippen molar-refractivity contribution in [1.29, 1.82) is 5.26 Å². The molecule has 0 amide bonds. The van der Waals surface area contributed by atoms with Gasteiger partial charge < -0.3 is 5.32 Å². The van der Waals surface area contributed by atoms with E-state index in [1.807, 2.05) is 0 Å². The third-order valence-electron chi connectivity index (χ3n) is 4.11. The maximum Gasteiger partial charge on any atom is 0.167 e. The normalized spacial score (nSPS) is 15.7. The van der Waals surface area contributed by atoms with E-state index in [9.17, 15) is 5.26 Å². The highest BCUT2D eigenvalue weighted by atomic mass is 15.2. The van der Waals surface area contributed by atoms with E-state index in [-0.39, 0.29) is 0 Å². The molecule has 1 aliphatic carbocycles. The van der Waals surface area contributed by atoms with E-state index >= 15 is 0 Å². The first-order valence-electron chi connectivity index (χ1n) is 7.78. The van der Waals surface area contributed by atoms with Gasteiger partial charge in [0.2, 0.25) is 0 Å². The molecular formula is C16H24N4. The van der Waals surface area contributed by atoms with Crippen LogP contribution < -0.4 is 5.32 Å². The van der Waals surface area contributed by atoms with Crippen LogP contribution in [-0.2, 0) is 12.8 Å². The molecular weight excluding hydrogens is 248 g/mol. The van der Waals surface area contributed by atoms with Crippen LogP contribution in [0.2, 0.25) is 0 Å². The zero-order chi connectivity index (χ0) is 14.5. The van der Waals surface area contributed by atoms with Crippen molar-refractivity contribution in [2.45, 2.75) is 65.3 Å². The highest BCUT2D eigenvalue weighted by Crippen LogP contribution is 2.35. The maximum atomic E-state index is 9.47. The number of aromatic nitrogens is 2. The lowest BCUT2D eigenvalue weighted by Gasteiger charge is -2.19. The quantitative estimate of drug-likeness (QED) is 0.825. The second-order valence-electron chi connectivity index (χ2n) is 5.60. The Balaban J connectivity index is 2.23. The fourth-order valence-corrected chi connectivity index (χ4v) is 2.67. The number of anilines is 1. The first kappa shape index (κ1) is 14.8. The van der Waals surface area contributed by atoms with E-state index < -0.39 is 0 Å². The van der Waals surface area contributed by atoms with Gasteiger partial charge in [-0.25, -0.2) is 0 Å². The molecule has 1 saturated carbocycles. The van der Waals surface area contributed by atoms with Crippen molar-refractivity contribution in [2.75, 3.05) is 5.32 Å². The van der Waals surface area contributed by atoms with E-state index in [2.05, 4.69) is 42.4 Å². The summed E-state index contributed by atoms with van der Waals surface area (Å²) in [5.74, 6) is 1.54. The van der Waals surface area contributed by atoms with Crippen molar-refractivity contribution < 1.29 is 0 Å². The zero-order valence-electron chi connectivity index (χ0n) is 12.7. The molecule has 4 heteroatoms. The van der Waals surface area contributed by atoms with Gasteiger partial charge in [0.15, 0.2) is 5.82 Å². The van der Waals surface area contributed by atoms with Crippen molar-refractivity contribution in [1.82, 2.24) is 10.2 Å². The standard InChI is InChI=1S/C16H24N4/c1-4-12(9-11-7-8-11)18-16-14(10-17)13(5-2)15(6-3)19-20-16/h11-12H,4-9H2,1-3H3,(H,18,20). The van der Waals surface area contributed by atoms with Crippen LogP contribution in [0.3, 0.4) is 0 Å². The van der Waals surface area contributed by atoms with Gasteiger partial charge >= 0.3 is 0 Å². The Labute approximate surface area is 121 Å². The van der Waals surface area contributed by atoms with Crippen LogP contribution in [-0.4, -0.2) is 16.2 Å². The fourth-order valence-electron chi connectivity index (χ4n) is 2.67. The van der Waals surface area contributed by atoms with E-state index in [0.717, 1.165) is 36.4 Å². The van der Waals surface area contributed by atoms with Gasteiger partial charge in [0, 0.05) is 6.04 Å². The smallest absolute Gasteiger partial charge is 0.167 e. The Hall–Kier alpha value is -1.63. The molecule has 1 aromatic rings. The zero-order valence-corrected chi connectivity index (χ0v) is 12.7. The summed E-state index contributed by atoms with van der Waals surface area (Å²) in [5, 5.41) is 21.5. The Morgan fingerprint density at radius 2 is 2.00 bits per heavy atom. The molecule has 1 aromatic heterocycles. The van der Waals surface area contributed by atoms with Gasteiger partial charge in [-0.1, -0.05) is 33.6 Å². The highest BCUT2D eigenvalue weighted by Gasteiger charge is 2.25. The summed E-state index contributed by atoms with van der Waals surface area (Å²) >= 11 is 0. The third-order valence-corrected chi connectivity index (χ3v) is 4.11. The predicted molar refractivity (Wildman–Crippen MR) is 80.5 cm³/mol. The van der Waals surface area contributed by atoms with E-state index in [1.54, 1.807) is 0 Å². The van der Waals surface area contributed by atoms with Gasteiger partial charge in [-0.3, -0.25) is 0 Å². The van der Waals surface area contributed by atoms with Gasteiger partial charge in [0.05, 0.1) is 5.69 Å². The molecule has 0 aromatic carbocycles. The molecule has 0 saturated heterocycles. The lowest BCUT2D eigenvalue weighted by Crippen LogP contribution is -2.22. The molecule has 1 heterocycles. The number of rotatable bonds is 7. The minimum absolute atomic E-state index is 0.404. The number of hydrogen-bond donors (Lipinski definition) is 1. The molecule has 0 spiro atoms. The molecule has 0 radical (unpaired) electrons. The van der Waals surface area contributed by atoms with E-state index in [1.165, 1.54) is 19.3 Å². The molecule has 2 rings (SSSR count). The van der Waals surface area contributed by atoms with Crippen LogP contribution in [0.5, 0.6) is 0 Å². The summed E-state index contributed by atoms with van der Waals surface area (Å²) in [6.07, 6.45) is 6.59. The lowest BCUT2D eigenvalue weighted by molar-refractivity contribution is 0.583. The Bertz CT molecular complexity index is 500. The van der Waals surface area contributed by atoms with Gasteiger partial charge in [-0.2, -0.15) is 10.4 Å². The van der Waals surface area contributed by atoms with Crippen LogP contribution in [0.4, 0.5) is 5.82 Å². The van der Waals surface area contributed by atoms with Gasteiger partial charge in [-0.15, -0.1) is 5.10 Å². The summed E-state index contributed by atoms with van der Waals surface area (Å²) in [6.45, 7) is 6.31. The van der Waals surface area contributed by atoms with E-state index in [0.29, 0.717) is 17.4 Å². The molecule has 20 heavy (non-hydrogen) atoms. The topological polar surface area (TPSA) is 61.6 Å². The third kappa shape index (κ3) is 3.27. The van der Waals surface area contributed by atoms with Crippen molar-refractivity contribution in [2.24, 2.45) is 5.92 Å². The molecule has 4 nitrogen and oxygen atoms in total. The van der Waals surface area contributed by atoms with Gasteiger partial charge in [0.25, 0.3) is 0 Å². The predicted octanol–water partition coefficient (Wildman–Crippen LogP) is 3.46. The molecule has 1 unspecified atom stereocenters. The molecule has 1 fully saturated rings. The minimum atomic E-state index is 0.404. The van der Waals surface area contributed by atoms with E-state index in [4.69, 9.17) is 0 Å². The van der Waals surface area contributed by atoms with Crippen molar-refractivity contribution in [3.05, 3.63) is 16.8 Å². The van der Waals surface area contributed by atoms with Crippen LogP contribution in [0.1, 0.15) is 63.3 Å². The van der Waals surface area contributed by atoms with Gasteiger partial charge in [-0.05, 0) is 37.2 Å². The summed E-state index contributed by atoms with van der Waals surface area (Å²) in [5.41, 5.74) is 2.69. The highest BCUT2D eigenvalue weighted by molar-refractivity contribution is 5.56. The number of nitrogens with zero attached hydrogens (tertiary/aromatic N) is 3. The molecule has 1 atom stereocenters. The van der Waals surface area contributed by atoms with Crippen LogP contribution >= 0.6 is 0 Å². The lowest BCUT2D eigenvalue weighted by atomic mass is 10.0. The monoisotopic (exact) mass is 272 g/mol. The Morgan fingerprint density at radius 3 is 2.50 bits per heavy atom. The number of nitrogens with one attached hydrogen (secondary N) is 1. The molecule has 0 aliphatic heterocycles. The SMILES string of the molecule is CCc1nnc(NC(CC)CC2CC2)c(C#N)c1CC. The molecule has 1 aliphatic rings. The number of hydrogen-bond acceptors (Lipinski definition) is 4. The van der Waals surface area contributed by atoms with Crippen molar-refractivity contribution in [3.8, 4) is 6.07 Å².